The lowest BCUT2D eigenvalue weighted by molar-refractivity contribution is -0.111. The number of amides is 1. The summed E-state index contributed by atoms with van der Waals surface area (Å²) in [7, 11) is 3.13. The van der Waals surface area contributed by atoms with Gasteiger partial charge in [-0.25, -0.2) is 4.79 Å². The highest BCUT2D eigenvalue weighted by atomic mass is 32.1. The summed E-state index contributed by atoms with van der Waals surface area (Å²) < 4.78 is 15.5. The smallest absolute Gasteiger partial charge is 0.348 e. The molecule has 1 aromatic heterocycles. The summed E-state index contributed by atoms with van der Waals surface area (Å²) in [6, 6.07) is 7.07. The van der Waals surface area contributed by atoms with Crippen molar-refractivity contribution in [2.45, 2.75) is 13.8 Å². The molecule has 26 heavy (non-hydrogen) atoms. The molecule has 0 saturated heterocycles. The molecule has 1 N–H and O–H groups in total. The molecule has 0 aliphatic heterocycles. The number of aryl methyl sites for hydroxylation is 1. The third-order valence-electron chi connectivity index (χ3n) is 3.48. The predicted octanol–water partition coefficient (Wildman–Crippen LogP) is 3.90. The van der Waals surface area contributed by atoms with Crippen LogP contribution in [0, 0.1) is 6.92 Å². The second kappa shape index (κ2) is 9.05. The Kier molecular flexibility index (Phi) is 6.80. The number of nitrogens with one attached hydrogen (secondary N) is 1. The fraction of sp³-hybridized carbons (Fsp3) is 0.263. The van der Waals surface area contributed by atoms with Gasteiger partial charge in [0.05, 0.1) is 25.8 Å². The number of esters is 1. The van der Waals surface area contributed by atoms with Gasteiger partial charge in [0.25, 0.3) is 0 Å². The van der Waals surface area contributed by atoms with Gasteiger partial charge in [0.2, 0.25) is 5.91 Å². The summed E-state index contributed by atoms with van der Waals surface area (Å²) in [5, 5.41) is 3.33. The molecule has 0 aliphatic carbocycles. The van der Waals surface area contributed by atoms with Crippen LogP contribution in [0.25, 0.3) is 6.08 Å². The second-order valence-corrected chi connectivity index (χ2v) is 6.33. The van der Waals surface area contributed by atoms with E-state index in [0.29, 0.717) is 28.0 Å². The molecule has 0 atom stereocenters. The monoisotopic (exact) mass is 375 g/mol. The quantitative estimate of drug-likeness (QED) is 0.587. The standard InChI is InChI=1S/C19H21NO5S/c1-5-25-19(22)18-12(2)10-17(26-18)20-16(21)9-6-13-11-14(23-3)7-8-15(13)24-4/h6-11H,5H2,1-4H3,(H,20,21)/b9-6+. The van der Waals surface area contributed by atoms with E-state index >= 15 is 0 Å². The summed E-state index contributed by atoms with van der Waals surface area (Å²) >= 11 is 1.19. The number of ether oxygens (including phenoxy) is 3. The average molecular weight is 375 g/mol. The van der Waals surface area contributed by atoms with E-state index in [1.54, 1.807) is 58.4 Å². The zero-order chi connectivity index (χ0) is 19.1. The van der Waals surface area contributed by atoms with E-state index in [1.165, 1.54) is 17.4 Å². The summed E-state index contributed by atoms with van der Waals surface area (Å²) in [4.78, 5) is 24.5. The number of anilines is 1. The molecule has 1 amide bonds. The highest BCUT2D eigenvalue weighted by Crippen LogP contribution is 2.28. The van der Waals surface area contributed by atoms with E-state index in [0.717, 1.165) is 11.1 Å². The van der Waals surface area contributed by atoms with Crippen LogP contribution >= 0.6 is 11.3 Å². The maximum atomic E-state index is 12.2. The number of benzene rings is 1. The lowest BCUT2D eigenvalue weighted by Crippen LogP contribution is -2.06. The van der Waals surface area contributed by atoms with Gasteiger partial charge in [-0.3, -0.25) is 4.79 Å². The molecule has 2 aromatic rings. The van der Waals surface area contributed by atoms with Crippen molar-refractivity contribution in [3.05, 3.63) is 46.3 Å². The fourth-order valence-electron chi connectivity index (χ4n) is 2.24. The fourth-order valence-corrected chi connectivity index (χ4v) is 3.21. The van der Waals surface area contributed by atoms with Gasteiger partial charge < -0.3 is 19.5 Å². The molecule has 0 fully saturated rings. The largest absolute Gasteiger partial charge is 0.497 e. The molecule has 0 saturated carbocycles. The van der Waals surface area contributed by atoms with Crippen molar-refractivity contribution in [2.24, 2.45) is 0 Å². The van der Waals surface area contributed by atoms with E-state index in [1.807, 2.05) is 0 Å². The maximum absolute atomic E-state index is 12.2. The van der Waals surface area contributed by atoms with Gasteiger partial charge in [-0.2, -0.15) is 0 Å². The van der Waals surface area contributed by atoms with E-state index < -0.39 is 0 Å². The molecule has 2 rings (SSSR count). The van der Waals surface area contributed by atoms with Crippen LogP contribution in [0.3, 0.4) is 0 Å². The molecule has 0 aliphatic rings. The first kappa shape index (κ1) is 19.5. The first-order valence-corrected chi connectivity index (χ1v) is 8.78. The summed E-state index contributed by atoms with van der Waals surface area (Å²) in [6.07, 6.45) is 3.04. The van der Waals surface area contributed by atoms with Gasteiger partial charge in [0, 0.05) is 11.6 Å². The lowest BCUT2D eigenvalue weighted by atomic mass is 10.1. The Morgan fingerprint density at radius 1 is 1.19 bits per heavy atom. The minimum atomic E-state index is -0.382. The van der Waals surface area contributed by atoms with Crippen LogP contribution in [0.15, 0.2) is 30.3 Å². The Hall–Kier alpha value is -2.80. The van der Waals surface area contributed by atoms with Crippen molar-refractivity contribution >= 4 is 34.3 Å². The van der Waals surface area contributed by atoms with Crippen LogP contribution in [0.2, 0.25) is 0 Å². The SMILES string of the molecule is CCOC(=O)c1sc(NC(=O)/C=C/c2cc(OC)ccc2OC)cc1C. The normalized spacial score (nSPS) is 10.6. The number of carbonyl (C=O) groups excluding carboxylic acids is 2. The van der Waals surface area contributed by atoms with Crippen molar-refractivity contribution in [1.82, 2.24) is 0 Å². The van der Waals surface area contributed by atoms with E-state index in [-0.39, 0.29) is 11.9 Å². The molecule has 0 spiro atoms. The number of hydrogen-bond donors (Lipinski definition) is 1. The molecular weight excluding hydrogens is 354 g/mol. The zero-order valence-corrected chi connectivity index (χ0v) is 15.9. The Morgan fingerprint density at radius 3 is 2.62 bits per heavy atom. The lowest BCUT2D eigenvalue weighted by Gasteiger charge is -2.07. The average Bonchev–Trinajstić information content (AvgIpc) is 3.00. The van der Waals surface area contributed by atoms with Gasteiger partial charge in [0.1, 0.15) is 16.4 Å². The van der Waals surface area contributed by atoms with Crippen molar-refractivity contribution in [3.63, 3.8) is 0 Å². The van der Waals surface area contributed by atoms with Gasteiger partial charge in [0.15, 0.2) is 0 Å². The van der Waals surface area contributed by atoms with Gasteiger partial charge in [-0.1, -0.05) is 0 Å². The summed E-state index contributed by atoms with van der Waals surface area (Å²) in [5.41, 5.74) is 1.48. The summed E-state index contributed by atoms with van der Waals surface area (Å²) in [5.74, 6) is 0.601. The first-order valence-electron chi connectivity index (χ1n) is 7.97. The van der Waals surface area contributed by atoms with Crippen LogP contribution in [0.4, 0.5) is 5.00 Å². The van der Waals surface area contributed by atoms with Crippen molar-refractivity contribution in [1.29, 1.82) is 0 Å². The minimum absolute atomic E-state index is 0.309. The Balaban J connectivity index is 2.11. The van der Waals surface area contributed by atoms with Crippen molar-refractivity contribution in [2.75, 3.05) is 26.1 Å². The van der Waals surface area contributed by atoms with Crippen LogP contribution in [-0.4, -0.2) is 32.7 Å². The summed E-state index contributed by atoms with van der Waals surface area (Å²) in [6.45, 7) is 3.86. The second-order valence-electron chi connectivity index (χ2n) is 5.27. The maximum Gasteiger partial charge on any atom is 0.348 e. The number of thiophene rings is 1. The van der Waals surface area contributed by atoms with Crippen LogP contribution < -0.4 is 14.8 Å². The molecule has 0 bridgehead atoms. The van der Waals surface area contributed by atoms with E-state index in [2.05, 4.69) is 5.32 Å². The first-order chi connectivity index (χ1) is 12.5. The molecular formula is C19H21NO5S. The number of hydrogen-bond acceptors (Lipinski definition) is 6. The van der Waals surface area contributed by atoms with Crippen molar-refractivity contribution in [3.8, 4) is 11.5 Å². The molecule has 0 radical (unpaired) electrons. The number of methoxy groups -OCH3 is 2. The molecule has 1 heterocycles. The van der Waals surface area contributed by atoms with E-state index in [9.17, 15) is 9.59 Å². The third-order valence-corrected chi connectivity index (χ3v) is 4.61. The van der Waals surface area contributed by atoms with E-state index in [4.69, 9.17) is 14.2 Å². The molecule has 7 heteroatoms. The van der Waals surface area contributed by atoms with Gasteiger partial charge in [-0.15, -0.1) is 11.3 Å². The molecule has 6 nitrogen and oxygen atoms in total. The Morgan fingerprint density at radius 2 is 1.96 bits per heavy atom. The van der Waals surface area contributed by atoms with Crippen LogP contribution in [-0.2, 0) is 9.53 Å². The number of carbonyl (C=O) groups is 2. The van der Waals surface area contributed by atoms with Crippen molar-refractivity contribution < 1.29 is 23.8 Å². The molecule has 138 valence electrons. The van der Waals surface area contributed by atoms with Crippen LogP contribution in [0.1, 0.15) is 27.7 Å². The topological polar surface area (TPSA) is 73.9 Å². The Labute approximate surface area is 156 Å². The number of rotatable bonds is 7. The van der Waals surface area contributed by atoms with Gasteiger partial charge >= 0.3 is 5.97 Å². The highest BCUT2D eigenvalue weighted by molar-refractivity contribution is 7.18. The Bertz CT molecular complexity index is 825. The third kappa shape index (κ3) is 4.86. The highest BCUT2D eigenvalue weighted by Gasteiger charge is 2.15. The molecule has 1 aromatic carbocycles. The predicted molar refractivity (Wildman–Crippen MR) is 102 cm³/mol. The van der Waals surface area contributed by atoms with Gasteiger partial charge in [-0.05, 0) is 49.8 Å². The zero-order valence-electron chi connectivity index (χ0n) is 15.1. The van der Waals surface area contributed by atoms with Crippen LogP contribution in [0.5, 0.6) is 11.5 Å². The minimum Gasteiger partial charge on any atom is -0.497 e. The molecule has 0 unspecified atom stereocenters.